The molecule has 0 heterocycles. The second-order valence-corrected chi connectivity index (χ2v) is 9.57. The Labute approximate surface area is 207 Å². The summed E-state index contributed by atoms with van der Waals surface area (Å²) in [6.45, 7) is 0. The van der Waals surface area contributed by atoms with Crippen LogP contribution in [0.1, 0.15) is 25.7 Å². The van der Waals surface area contributed by atoms with E-state index in [1.807, 2.05) is 0 Å². The Morgan fingerprint density at radius 2 is 0.967 bits per heavy atom. The van der Waals surface area contributed by atoms with Crippen LogP contribution in [-0.4, -0.2) is 22.3 Å². The molecule has 1 aliphatic rings. The zero-order chi connectivity index (χ0) is 21.7. The number of benzene rings is 2. The highest BCUT2D eigenvalue weighted by atomic mass is 35.5. The molecule has 160 valence electrons. The molecule has 3 rings (SSSR count). The topological polar surface area (TPSA) is 48.1 Å². The molecule has 0 aromatic heterocycles. The first kappa shape index (κ1) is 23.6. The van der Waals surface area contributed by atoms with Crippen molar-refractivity contribution in [2.75, 3.05) is 10.6 Å². The number of nitrogens with one attached hydrogen (secondary N) is 4. The SMILES string of the molecule is S=C(Nc1cc(Cl)cc(Cl)c1)N[C@H]1CCCC[C@H]1NC(=S)Nc1cc(Cl)cc(Cl)c1. The minimum absolute atomic E-state index is 0.121. The summed E-state index contributed by atoms with van der Waals surface area (Å²) in [5.41, 5.74) is 1.47. The number of halogens is 4. The third kappa shape index (κ3) is 7.29. The molecule has 10 heteroatoms. The fourth-order valence-corrected chi connectivity index (χ4v) is 4.99. The highest BCUT2D eigenvalue weighted by Crippen LogP contribution is 2.24. The van der Waals surface area contributed by atoms with Crippen molar-refractivity contribution in [3.63, 3.8) is 0 Å². The Balaban J connectivity index is 1.58. The van der Waals surface area contributed by atoms with Crippen molar-refractivity contribution in [1.29, 1.82) is 0 Å². The smallest absolute Gasteiger partial charge is 0.171 e. The monoisotopic (exact) mass is 520 g/mol. The molecule has 1 saturated carbocycles. The molecule has 2 aromatic rings. The third-order valence-electron chi connectivity index (χ3n) is 4.64. The predicted octanol–water partition coefficient (Wildman–Crippen LogP) is 6.88. The fourth-order valence-electron chi connectivity index (χ4n) is 3.40. The summed E-state index contributed by atoms with van der Waals surface area (Å²) < 4.78 is 0. The van der Waals surface area contributed by atoms with Crippen LogP contribution in [0.3, 0.4) is 0 Å². The first-order valence-electron chi connectivity index (χ1n) is 9.36. The van der Waals surface area contributed by atoms with Crippen LogP contribution >= 0.6 is 70.8 Å². The molecule has 0 radical (unpaired) electrons. The van der Waals surface area contributed by atoms with Crippen molar-refractivity contribution in [3.8, 4) is 0 Å². The maximum Gasteiger partial charge on any atom is 0.171 e. The van der Waals surface area contributed by atoms with Crippen molar-refractivity contribution in [2.45, 2.75) is 37.8 Å². The molecule has 0 unspecified atom stereocenters. The molecule has 2 atom stereocenters. The van der Waals surface area contributed by atoms with Gasteiger partial charge in [0.15, 0.2) is 10.2 Å². The molecule has 30 heavy (non-hydrogen) atoms. The molecular weight excluding hydrogens is 502 g/mol. The number of anilines is 2. The summed E-state index contributed by atoms with van der Waals surface area (Å²) in [6.07, 6.45) is 4.18. The van der Waals surface area contributed by atoms with Crippen LogP contribution in [0.2, 0.25) is 20.1 Å². The average molecular weight is 522 g/mol. The number of thiocarbonyl (C=S) groups is 2. The van der Waals surface area contributed by atoms with Gasteiger partial charge in [0.05, 0.1) is 0 Å². The maximum atomic E-state index is 6.06. The molecule has 0 spiro atoms. The van der Waals surface area contributed by atoms with Gasteiger partial charge in [-0.2, -0.15) is 0 Å². The van der Waals surface area contributed by atoms with Crippen LogP contribution < -0.4 is 21.3 Å². The van der Waals surface area contributed by atoms with Crippen LogP contribution in [0.25, 0.3) is 0 Å². The van der Waals surface area contributed by atoms with Crippen molar-refractivity contribution >= 4 is 92.4 Å². The van der Waals surface area contributed by atoms with Gasteiger partial charge in [-0.1, -0.05) is 59.2 Å². The molecule has 2 aromatic carbocycles. The summed E-state index contributed by atoms with van der Waals surface area (Å²) >= 11 is 35.2. The van der Waals surface area contributed by atoms with Crippen molar-refractivity contribution in [3.05, 3.63) is 56.5 Å². The van der Waals surface area contributed by atoms with E-state index in [-0.39, 0.29) is 12.1 Å². The van der Waals surface area contributed by atoms with Crippen LogP contribution in [0.4, 0.5) is 11.4 Å². The van der Waals surface area contributed by atoms with Crippen molar-refractivity contribution in [2.24, 2.45) is 0 Å². The zero-order valence-electron chi connectivity index (χ0n) is 15.8. The standard InChI is InChI=1S/C20H20Cl4N4S2/c21-11-5-12(22)8-15(7-11)25-19(29)27-17-3-1-2-4-18(17)28-20(30)26-16-9-13(23)6-14(24)10-16/h5-10,17-18H,1-4H2,(H2,25,27,29)(H2,26,28,30)/t17-,18+. The number of rotatable bonds is 4. The largest absolute Gasteiger partial charge is 0.358 e. The van der Waals surface area contributed by atoms with Gasteiger partial charge in [0.25, 0.3) is 0 Å². The van der Waals surface area contributed by atoms with Crippen LogP contribution in [-0.2, 0) is 0 Å². The third-order valence-corrected chi connectivity index (χ3v) is 5.95. The van der Waals surface area contributed by atoms with Gasteiger partial charge < -0.3 is 21.3 Å². The molecule has 4 N–H and O–H groups in total. The van der Waals surface area contributed by atoms with E-state index < -0.39 is 0 Å². The first-order chi connectivity index (χ1) is 14.3. The Hall–Kier alpha value is -1.02. The lowest BCUT2D eigenvalue weighted by atomic mass is 9.90. The van der Waals surface area contributed by atoms with Gasteiger partial charge in [0, 0.05) is 43.5 Å². The molecule has 0 amide bonds. The van der Waals surface area contributed by atoms with E-state index in [1.54, 1.807) is 36.4 Å². The van der Waals surface area contributed by atoms with Gasteiger partial charge in [-0.25, -0.2) is 0 Å². The molecule has 0 saturated heterocycles. The van der Waals surface area contributed by atoms with E-state index >= 15 is 0 Å². The van der Waals surface area contributed by atoms with E-state index in [0.29, 0.717) is 30.3 Å². The lowest BCUT2D eigenvalue weighted by Gasteiger charge is -2.34. The fraction of sp³-hybridized carbons (Fsp3) is 0.300. The van der Waals surface area contributed by atoms with E-state index in [9.17, 15) is 0 Å². The van der Waals surface area contributed by atoms with Crippen molar-refractivity contribution in [1.82, 2.24) is 10.6 Å². The normalized spacial score (nSPS) is 18.4. The quantitative estimate of drug-likeness (QED) is 0.329. The van der Waals surface area contributed by atoms with Gasteiger partial charge in [-0.15, -0.1) is 0 Å². The van der Waals surface area contributed by atoms with Crippen molar-refractivity contribution < 1.29 is 0 Å². The first-order valence-corrected chi connectivity index (χ1v) is 11.7. The van der Waals surface area contributed by atoms with Crippen LogP contribution in [0.5, 0.6) is 0 Å². The summed E-state index contributed by atoms with van der Waals surface area (Å²) in [7, 11) is 0. The summed E-state index contributed by atoms with van der Waals surface area (Å²) in [6, 6.07) is 10.7. The summed E-state index contributed by atoms with van der Waals surface area (Å²) in [5.74, 6) is 0. The second kappa shape index (κ2) is 11.0. The Kier molecular flexibility index (Phi) is 8.69. The molecule has 0 aliphatic heterocycles. The van der Waals surface area contributed by atoms with Gasteiger partial charge in [0.1, 0.15) is 0 Å². The molecule has 4 nitrogen and oxygen atoms in total. The van der Waals surface area contributed by atoms with Crippen LogP contribution in [0.15, 0.2) is 36.4 Å². The van der Waals surface area contributed by atoms with E-state index in [2.05, 4.69) is 21.3 Å². The molecule has 1 fully saturated rings. The Bertz CT molecular complexity index is 825. The van der Waals surface area contributed by atoms with Gasteiger partial charge in [0.2, 0.25) is 0 Å². The molecule has 0 bridgehead atoms. The highest BCUT2D eigenvalue weighted by Gasteiger charge is 2.26. The molecular formula is C20H20Cl4N4S2. The minimum Gasteiger partial charge on any atom is -0.358 e. The molecule has 1 aliphatic carbocycles. The zero-order valence-corrected chi connectivity index (χ0v) is 20.4. The average Bonchev–Trinajstić information content (AvgIpc) is 2.61. The lowest BCUT2D eigenvalue weighted by molar-refractivity contribution is 0.340. The van der Waals surface area contributed by atoms with E-state index in [4.69, 9.17) is 70.8 Å². The van der Waals surface area contributed by atoms with Crippen LogP contribution in [0, 0.1) is 0 Å². The summed E-state index contributed by atoms with van der Waals surface area (Å²) in [4.78, 5) is 0. The summed E-state index contributed by atoms with van der Waals surface area (Å²) in [5, 5.41) is 16.2. The maximum absolute atomic E-state index is 6.06. The number of hydrogen-bond acceptors (Lipinski definition) is 2. The van der Waals surface area contributed by atoms with Gasteiger partial charge in [-0.05, 0) is 73.7 Å². The predicted molar refractivity (Wildman–Crippen MR) is 138 cm³/mol. The second-order valence-electron chi connectivity index (χ2n) is 7.01. The lowest BCUT2D eigenvalue weighted by Crippen LogP contribution is -2.54. The minimum atomic E-state index is 0.121. The van der Waals surface area contributed by atoms with Gasteiger partial charge >= 0.3 is 0 Å². The highest BCUT2D eigenvalue weighted by molar-refractivity contribution is 7.80. The Morgan fingerprint density at radius 3 is 1.30 bits per heavy atom. The number of hydrogen-bond donors (Lipinski definition) is 4. The Morgan fingerprint density at radius 1 is 0.633 bits per heavy atom. The van der Waals surface area contributed by atoms with E-state index in [1.165, 1.54) is 0 Å². The van der Waals surface area contributed by atoms with Gasteiger partial charge in [-0.3, -0.25) is 0 Å². The van der Waals surface area contributed by atoms with E-state index in [0.717, 1.165) is 37.1 Å².